The van der Waals surface area contributed by atoms with Crippen LogP contribution >= 0.6 is 15.9 Å². The van der Waals surface area contributed by atoms with Crippen molar-refractivity contribution in [1.82, 2.24) is 5.43 Å². The van der Waals surface area contributed by atoms with E-state index in [2.05, 4.69) is 31.8 Å². The first-order valence-electron chi connectivity index (χ1n) is 7.72. The van der Waals surface area contributed by atoms with Crippen LogP contribution in [-0.4, -0.2) is 18.0 Å². The summed E-state index contributed by atoms with van der Waals surface area (Å²) in [4.78, 5) is 23.4. The zero-order valence-corrected chi connectivity index (χ0v) is 15.1. The minimum atomic E-state index is -0.310. The van der Waals surface area contributed by atoms with Crippen LogP contribution in [0.5, 0.6) is 0 Å². The van der Waals surface area contributed by atoms with Crippen molar-refractivity contribution in [2.75, 3.05) is 5.32 Å². The molecular weight excluding hydrogens is 382 g/mol. The molecule has 2 rings (SSSR count). The molecule has 0 fully saturated rings. The Morgan fingerprint density at radius 3 is 2.36 bits per heavy atom. The highest BCUT2D eigenvalue weighted by atomic mass is 79.9. The molecule has 2 aromatic rings. The number of allylic oxidation sites excluding steroid dienone is 1. The summed E-state index contributed by atoms with van der Waals surface area (Å²) in [5.74, 6) is -0.527. The van der Waals surface area contributed by atoms with Gasteiger partial charge in [0.2, 0.25) is 11.8 Å². The maximum absolute atomic E-state index is 11.8. The van der Waals surface area contributed by atoms with Gasteiger partial charge in [0.05, 0.1) is 0 Å². The molecule has 0 bridgehead atoms. The van der Waals surface area contributed by atoms with E-state index in [1.54, 1.807) is 18.2 Å². The summed E-state index contributed by atoms with van der Waals surface area (Å²) in [5, 5.41) is 6.54. The normalized spacial score (nSPS) is 10.9. The van der Waals surface area contributed by atoms with Crippen LogP contribution in [0.25, 0.3) is 6.08 Å². The lowest BCUT2D eigenvalue weighted by atomic mass is 10.2. The second-order valence-corrected chi connectivity index (χ2v) is 6.05. The zero-order chi connectivity index (χ0) is 17.9. The lowest BCUT2D eigenvalue weighted by molar-refractivity contribution is -0.124. The molecule has 0 unspecified atom stereocenters. The number of anilines is 1. The molecule has 2 N–H and O–H groups in total. The maximum atomic E-state index is 11.8. The molecule has 0 aliphatic carbocycles. The van der Waals surface area contributed by atoms with Crippen molar-refractivity contribution in [3.63, 3.8) is 0 Å². The number of carbonyl (C=O) groups excluding carboxylic acids is 2. The third-order valence-electron chi connectivity index (χ3n) is 3.15. The van der Waals surface area contributed by atoms with Crippen molar-refractivity contribution in [1.29, 1.82) is 0 Å². The van der Waals surface area contributed by atoms with Gasteiger partial charge in [-0.2, -0.15) is 5.10 Å². The molecule has 2 aromatic carbocycles. The van der Waals surface area contributed by atoms with Gasteiger partial charge in [-0.05, 0) is 35.9 Å². The van der Waals surface area contributed by atoms with Gasteiger partial charge in [-0.3, -0.25) is 9.59 Å². The number of benzene rings is 2. The van der Waals surface area contributed by atoms with Crippen LogP contribution in [0.3, 0.4) is 0 Å². The average Bonchev–Trinajstić information content (AvgIpc) is 2.62. The van der Waals surface area contributed by atoms with E-state index < -0.39 is 0 Å². The first kappa shape index (κ1) is 18.6. The summed E-state index contributed by atoms with van der Waals surface area (Å²) in [6, 6.07) is 17.0. The predicted molar refractivity (Wildman–Crippen MR) is 104 cm³/mol. The van der Waals surface area contributed by atoms with E-state index in [1.807, 2.05) is 48.5 Å². The molecule has 0 atom stereocenters. The van der Waals surface area contributed by atoms with E-state index in [4.69, 9.17) is 0 Å². The van der Waals surface area contributed by atoms with Crippen LogP contribution in [0.15, 0.2) is 70.2 Å². The van der Waals surface area contributed by atoms with Crippen LogP contribution < -0.4 is 10.7 Å². The molecule has 0 radical (unpaired) electrons. The molecule has 6 heteroatoms. The Kier molecular flexibility index (Phi) is 7.59. The highest BCUT2D eigenvalue weighted by molar-refractivity contribution is 9.10. The smallest absolute Gasteiger partial charge is 0.240 e. The number of nitrogens with zero attached hydrogens (tertiary/aromatic N) is 1. The van der Waals surface area contributed by atoms with E-state index in [-0.39, 0.29) is 24.7 Å². The Labute approximate surface area is 155 Å². The van der Waals surface area contributed by atoms with Crippen LogP contribution in [0, 0.1) is 0 Å². The Morgan fingerprint density at radius 1 is 0.960 bits per heavy atom. The minimum Gasteiger partial charge on any atom is -0.326 e. The highest BCUT2D eigenvalue weighted by Gasteiger charge is 2.06. The highest BCUT2D eigenvalue weighted by Crippen LogP contribution is 2.14. The fourth-order valence-corrected chi connectivity index (χ4v) is 2.17. The maximum Gasteiger partial charge on any atom is 0.240 e. The molecule has 0 aromatic heterocycles. The van der Waals surface area contributed by atoms with Crippen molar-refractivity contribution in [2.24, 2.45) is 5.10 Å². The molecule has 0 saturated carbocycles. The fourth-order valence-electron chi connectivity index (χ4n) is 1.91. The monoisotopic (exact) mass is 399 g/mol. The Bertz CT molecular complexity index is 756. The van der Waals surface area contributed by atoms with Gasteiger partial charge >= 0.3 is 0 Å². The summed E-state index contributed by atoms with van der Waals surface area (Å²) >= 11 is 3.33. The SMILES string of the molecule is O=C(CCC(=O)Nc1ccc(Br)cc1)N/N=C/C=C/c1ccccc1. The largest absolute Gasteiger partial charge is 0.326 e. The summed E-state index contributed by atoms with van der Waals surface area (Å²) in [5.41, 5.74) is 4.13. The summed E-state index contributed by atoms with van der Waals surface area (Å²) in [6.45, 7) is 0. The van der Waals surface area contributed by atoms with Crippen LogP contribution in [0.1, 0.15) is 18.4 Å². The van der Waals surface area contributed by atoms with Crippen molar-refractivity contribution in [3.8, 4) is 0 Å². The summed E-state index contributed by atoms with van der Waals surface area (Å²) in [7, 11) is 0. The van der Waals surface area contributed by atoms with Gasteiger partial charge in [0.1, 0.15) is 0 Å². The van der Waals surface area contributed by atoms with E-state index >= 15 is 0 Å². The quantitative estimate of drug-likeness (QED) is 0.545. The molecule has 0 spiro atoms. The van der Waals surface area contributed by atoms with Gasteiger partial charge in [-0.15, -0.1) is 0 Å². The molecule has 0 saturated heterocycles. The second-order valence-electron chi connectivity index (χ2n) is 5.14. The number of halogens is 1. The minimum absolute atomic E-state index is 0.0715. The van der Waals surface area contributed by atoms with Crippen molar-refractivity contribution in [3.05, 3.63) is 70.7 Å². The van der Waals surface area contributed by atoms with Gasteiger partial charge in [0.25, 0.3) is 0 Å². The zero-order valence-electron chi connectivity index (χ0n) is 13.5. The fraction of sp³-hybridized carbons (Fsp3) is 0.105. The van der Waals surface area contributed by atoms with E-state index in [9.17, 15) is 9.59 Å². The standard InChI is InChI=1S/C19H18BrN3O2/c20-16-8-10-17(11-9-16)22-18(24)12-13-19(25)23-21-14-4-7-15-5-2-1-3-6-15/h1-11,14H,12-13H2,(H,22,24)(H,23,25)/b7-4+,21-14+. The Balaban J connectivity index is 1.66. The van der Waals surface area contributed by atoms with Crippen LogP contribution in [0.4, 0.5) is 5.69 Å². The van der Waals surface area contributed by atoms with Crippen molar-refractivity contribution >= 4 is 45.7 Å². The van der Waals surface area contributed by atoms with Gasteiger partial charge in [-0.1, -0.05) is 52.3 Å². The van der Waals surface area contributed by atoms with Crippen molar-refractivity contribution < 1.29 is 9.59 Å². The number of hydrazone groups is 1. The number of rotatable bonds is 7. The lowest BCUT2D eigenvalue weighted by Gasteiger charge is -2.04. The van der Waals surface area contributed by atoms with Gasteiger partial charge in [0, 0.05) is 29.2 Å². The van der Waals surface area contributed by atoms with E-state index in [1.165, 1.54) is 6.21 Å². The topological polar surface area (TPSA) is 70.6 Å². The molecule has 5 nitrogen and oxygen atoms in total. The molecule has 0 aliphatic rings. The number of hydrogen-bond acceptors (Lipinski definition) is 3. The first-order valence-corrected chi connectivity index (χ1v) is 8.52. The van der Waals surface area contributed by atoms with E-state index in [0.29, 0.717) is 5.69 Å². The Morgan fingerprint density at radius 2 is 1.64 bits per heavy atom. The van der Waals surface area contributed by atoms with Crippen molar-refractivity contribution in [2.45, 2.75) is 12.8 Å². The molecule has 25 heavy (non-hydrogen) atoms. The number of hydrogen-bond donors (Lipinski definition) is 2. The summed E-state index contributed by atoms with van der Waals surface area (Å²) in [6.07, 6.45) is 5.27. The average molecular weight is 400 g/mol. The van der Waals surface area contributed by atoms with Crippen LogP contribution in [0.2, 0.25) is 0 Å². The Hall–Kier alpha value is -2.73. The third kappa shape index (κ3) is 7.58. The number of nitrogens with one attached hydrogen (secondary N) is 2. The first-order chi connectivity index (χ1) is 12.1. The molecular formula is C19H18BrN3O2. The number of amides is 2. The van der Waals surface area contributed by atoms with Gasteiger partial charge < -0.3 is 5.32 Å². The van der Waals surface area contributed by atoms with Gasteiger partial charge in [0.15, 0.2) is 0 Å². The predicted octanol–water partition coefficient (Wildman–Crippen LogP) is 3.98. The molecule has 2 amide bonds. The lowest BCUT2D eigenvalue weighted by Crippen LogP contribution is -2.20. The molecule has 0 aliphatic heterocycles. The third-order valence-corrected chi connectivity index (χ3v) is 3.67. The second kappa shape index (κ2) is 10.2. The molecule has 128 valence electrons. The number of carbonyl (C=O) groups is 2. The summed E-state index contributed by atoms with van der Waals surface area (Å²) < 4.78 is 0.934. The van der Waals surface area contributed by atoms with Gasteiger partial charge in [-0.25, -0.2) is 5.43 Å². The van der Waals surface area contributed by atoms with E-state index in [0.717, 1.165) is 10.0 Å². The van der Waals surface area contributed by atoms with Crippen LogP contribution in [-0.2, 0) is 9.59 Å². The molecule has 0 heterocycles.